The normalized spacial score (nSPS) is 13.6. The third-order valence-corrected chi connectivity index (χ3v) is 4.40. The van der Waals surface area contributed by atoms with Gasteiger partial charge >= 0.3 is 0 Å². The van der Waals surface area contributed by atoms with Crippen molar-refractivity contribution >= 4 is 21.6 Å². The van der Waals surface area contributed by atoms with Crippen molar-refractivity contribution in [3.63, 3.8) is 0 Å². The largest absolute Gasteiger partial charge is 0.387 e. The average Bonchev–Trinajstić information content (AvgIpc) is 2.27. The Labute approximate surface area is 106 Å². The summed E-state index contributed by atoms with van der Waals surface area (Å²) in [4.78, 5) is 5.06. The predicted molar refractivity (Wildman–Crippen MR) is 69.9 cm³/mol. The molecule has 0 aliphatic carbocycles. The van der Waals surface area contributed by atoms with E-state index in [1.165, 1.54) is 18.0 Å². The lowest BCUT2D eigenvalue weighted by atomic mass is 10.2. The molecular weight excluding hydrogens is 258 g/mol. The SMILES string of the molecule is CC[C@H](O)c1ccc(SCCS(C)(=O)=O)cn1. The molecule has 1 aromatic rings. The standard InChI is InChI=1S/C11H17NO3S2/c1-3-11(13)10-5-4-9(8-12-10)16-6-7-17(2,14)15/h4-5,8,11,13H,3,6-7H2,1-2H3/t11-/m0/s1. The van der Waals surface area contributed by atoms with E-state index in [2.05, 4.69) is 4.98 Å². The molecule has 0 radical (unpaired) electrons. The van der Waals surface area contributed by atoms with E-state index in [1.54, 1.807) is 12.3 Å². The molecule has 0 unspecified atom stereocenters. The summed E-state index contributed by atoms with van der Waals surface area (Å²) >= 11 is 1.45. The van der Waals surface area contributed by atoms with Gasteiger partial charge in [0.15, 0.2) is 0 Å². The van der Waals surface area contributed by atoms with Crippen LogP contribution in [-0.4, -0.2) is 36.3 Å². The number of hydrogen-bond donors (Lipinski definition) is 1. The molecule has 0 aliphatic rings. The van der Waals surface area contributed by atoms with Crippen molar-refractivity contribution in [2.24, 2.45) is 0 Å². The van der Waals surface area contributed by atoms with E-state index in [9.17, 15) is 13.5 Å². The van der Waals surface area contributed by atoms with Crippen molar-refractivity contribution in [1.29, 1.82) is 0 Å². The van der Waals surface area contributed by atoms with Crippen LogP contribution in [0.25, 0.3) is 0 Å². The lowest BCUT2D eigenvalue weighted by Gasteiger charge is -2.07. The van der Waals surface area contributed by atoms with Crippen molar-refractivity contribution < 1.29 is 13.5 Å². The molecule has 6 heteroatoms. The zero-order chi connectivity index (χ0) is 12.9. The molecule has 0 saturated heterocycles. The zero-order valence-corrected chi connectivity index (χ0v) is 11.6. The average molecular weight is 275 g/mol. The second-order valence-electron chi connectivity index (χ2n) is 3.82. The Kier molecular flexibility index (Phi) is 5.42. The molecule has 1 aromatic heterocycles. The minimum atomic E-state index is -2.90. The lowest BCUT2D eigenvalue weighted by molar-refractivity contribution is 0.169. The topological polar surface area (TPSA) is 67.3 Å². The van der Waals surface area contributed by atoms with Gasteiger partial charge in [-0.1, -0.05) is 6.92 Å². The van der Waals surface area contributed by atoms with Gasteiger partial charge in [0.25, 0.3) is 0 Å². The number of rotatable bonds is 6. The number of nitrogens with zero attached hydrogens (tertiary/aromatic N) is 1. The molecule has 0 fully saturated rings. The highest BCUT2D eigenvalue weighted by molar-refractivity contribution is 8.00. The minimum absolute atomic E-state index is 0.164. The number of sulfone groups is 1. The van der Waals surface area contributed by atoms with Gasteiger partial charge in [0.05, 0.1) is 17.6 Å². The van der Waals surface area contributed by atoms with Crippen LogP contribution in [-0.2, 0) is 9.84 Å². The molecule has 17 heavy (non-hydrogen) atoms. The smallest absolute Gasteiger partial charge is 0.148 e. The van der Waals surface area contributed by atoms with Gasteiger partial charge < -0.3 is 5.11 Å². The van der Waals surface area contributed by atoms with Crippen molar-refractivity contribution in [2.75, 3.05) is 17.8 Å². The van der Waals surface area contributed by atoms with E-state index in [-0.39, 0.29) is 5.75 Å². The number of aromatic nitrogens is 1. The summed E-state index contributed by atoms with van der Waals surface area (Å²) in [5.74, 6) is 0.688. The summed E-state index contributed by atoms with van der Waals surface area (Å²) in [7, 11) is -2.90. The van der Waals surface area contributed by atoms with Gasteiger partial charge in [-0.25, -0.2) is 8.42 Å². The Hall–Kier alpha value is -0.590. The summed E-state index contributed by atoms with van der Waals surface area (Å²) < 4.78 is 21.9. The van der Waals surface area contributed by atoms with Gasteiger partial charge in [-0.15, -0.1) is 11.8 Å². The van der Waals surface area contributed by atoms with Crippen molar-refractivity contribution in [3.05, 3.63) is 24.0 Å². The van der Waals surface area contributed by atoms with Crippen LogP contribution in [0, 0.1) is 0 Å². The molecule has 0 bridgehead atoms. The summed E-state index contributed by atoms with van der Waals surface area (Å²) in [6.07, 6.45) is 3.01. The quantitative estimate of drug-likeness (QED) is 0.800. The molecule has 4 nitrogen and oxygen atoms in total. The summed E-state index contributed by atoms with van der Waals surface area (Å²) in [5, 5.41) is 9.55. The first-order chi connectivity index (χ1) is 7.92. The van der Waals surface area contributed by atoms with Gasteiger partial charge in [0.1, 0.15) is 9.84 Å². The maximum Gasteiger partial charge on any atom is 0.148 e. The van der Waals surface area contributed by atoms with Gasteiger partial charge in [-0.3, -0.25) is 4.98 Å². The molecule has 0 amide bonds. The van der Waals surface area contributed by atoms with Crippen LogP contribution < -0.4 is 0 Å². The first-order valence-corrected chi connectivity index (χ1v) is 8.41. The van der Waals surface area contributed by atoms with Crippen LogP contribution >= 0.6 is 11.8 Å². The highest BCUT2D eigenvalue weighted by Crippen LogP contribution is 2.20. The number of aliphatic hydroxyl groups excluding tert-OH is 1. The molecule has 0 aliphatic heterocycles. The van der Waals surface area contributed by atoms with Gasteiger partial charge in [-0.2, -0.15) is 0 Å². The Morgan fingerprint density at radius 3 is 2.65 bits per heavy atom. The first kappa shape index (κ1) is 14.5. The molecular formula is C11H17NO3S2. The molecule has 1 N–H and O–H groups in total. The fourth-order valence-corrected chi connectivity index (χ4v) is 3.27. The van der Waals surface area contributed by atoms with Crippen LogP contribution in [0.1, 0.15) is 25.1 Å². The van der Waals surface area contributed by atoms with Crippen molar-refractivity contribution in [1.82, 2.24) is 4.98 Å². The lowest BCUT2D eigenvalue weighted by Crippen LogP contribution is -2.05. The second kappa shape index (κ2) is 6.37. The molecule has 1 rings (SSSR count). The summed E-state index contributed by atoms with van der Waals surface area (Å²) in [6, 6.07) is 3.63. The maximum absolute atomic E-state index is 10.9. The van der Waals surface area contributed by atoms with Crippen molar-refractivity contribution in [3.8, 4) is 0 Å². The van der Waals surface area contributed by atoms with Crippen LogP contribution in [0.2, 0.25) is 0 Å². The van der Waals surface area contributed by atoms with E-state index in [4.69, 9.17) is 0 Å². The predicted octanol–water partition coefficient (Wildman–Crippen LogP) is 1.66. The van der Waals surface area contributed by atoms with Crippen LogP contribution in [0.5, 0.6) is 0 Å². The van der Waals surface area contributed by atoms with Gasteiger partial charge in [0, 0.05) is 23.1 Å². The Bertz CT molecular complexity index is 442. The van der Waals surface area contributed by atoms with E-state index < -0.39 is 15.9 Å². The second-order valence-corrected chi connectivity index (χ2v) is 7.25. The number of thioether (sulfide) groups is 1. The molecule has 0 aromatic carbocycles. The number of hydrogen-bond acceptors (Lipinski definition) is 5. The fourth-order valence-electron chi connectivity index (χ4n) is 1.19. The van der Waals surface area contributed by atoms with Gasteiger partial charge in [0.2, 0.25) is 0 Å². The Morgan fingerprint density at radius 2 is 2.18 bits per heavy atom. The molecule has 1 atom stereocenters. The first-order valence-electron chi connectivity index (χ1n) is 5.37. The monoisotopic (exact) mass is 275 g/mol. The number of pyridine rings is 1. The summed E-state index contributed by atoms with van der Waals surface area (Å²) in [6.45, 7) is 1.89. The van der Waals surface area contributed by atoms with Crippen LogP contribution in [0.3, 0.4) is 0 Å². The molecule has 1 heterocycles. The summed E-state index contributed by atoms with van der Waals surface area (Å²) in [5.41, 5.74) is 0.653. The van der Waals surface area contributed by atoms with Gasteiger partial charge in [-0.05, 0) is 18.6 Å². The highest BCUT2D eigenvalue weighted by Gasteiger charge is 2.06. The zero-order valence-electron chi connectivity index (χ0n) is 9.96. The van der Waals surface area contributed by atoms with E-state index in [1.807, 2.05) is 13.0 Å². The van der Waals surface area contributed by atoms with Crippen LogP contribution in [0.4, 0.5) is 0 Å². The maximum atomic E-state index is 10.9. The molecule has 96 valence electrons. The van der Waals surface area contributed by atoms with E-state index in [0.29, 0.717) is 17.9 Å². The molecule has 0 saturated carbocycles. The Morgan fingerprint density at radius 1 is 1.47 bits per heavy atom. The van der Waals surface area contributed by atoms with E-state index >= 15 is 0 Å². The molecule has 0 spiro atoms. The number of aliphatic hydroxyl groups is 1. The fraction of sp³-hybridized carbons (Fsp3) is 0.545. The minimum Gasteiger partial charge on any atom is -0.387 e. The third-order valence-electron chi connectivity index (χ3n) is 2.21. The van der Waals surface area contributed by atoms with Crippen molar-refractivity contribution in [2.45, 2.75) is 24.3 Å². The third kappa shape index (κ3) is 5.52. The highest BCUT2D eigenvalue weighted by atomic mass is 32.2. The van der Waals surface area contributed by atoms with Crippen LogP contribution in [0.15, 0.2) is 23.2 Å². The van der Waals surface area contributed by atoms with E-state index in [0.717, 1.165) is 4.90 Å². The Balaban J connectivity index is 2.51.